The Bertz CT molecular complexity index is 918. The number of amides is 1. The Balaban J connectivity index is 1.66. The number of benzene rings is 1. The fourth-order valence-electron chi connectivity index (χ4n) is 4.11. The van der Waals surface area contributed by atoms with Crippen LogP contribution in [0.2, 0.25) is 5.02 Å². The van der Waals surface area contributed by atoms with Gasteiger partial charge < -0.3 is 15.2 Å². The molecule has 1 fully saturated rings. The molecule has 0 spiro atoms. The van der Waals surface area contributed by atoms with Gasteiger partial charge in [-0.3, -0.25) is 4.79 Å². The second-order valence-corrected chi connectivity index (χ2v) is 9.75. The molecule has 2 N–H and O–H groups in total. The molecule has 1 aromatic carbocycles. The van der Waals surface area contributed by atoms with Gasteiger partial charge in [-0.2, -0.15) is 0 Å². The highest BCUT2D eigenvalue weighted by molar-refractivity contribution is 7.14. The van der Waals surface area contributed by atoms with Crippen molar-refractivity contribution in [2.45, 2.75) is 64.3 Å². The van der Waals surface area contributed by atoms with Crippen molar-refractivity contribution in [1.29, 1.82) is 0 Å². The summed E-state index contributed by atoms with van der Waals surface area (Å²) in [7, 11) is 0. The van der Waals surface area contributed by atoms with Gasteiger partial charge in [0.15, 0.2) is 0 Å². The van der Waals surface area contributed by atoms with Gasteiger partial charge in [0.05, 0.1) is 11.5 Å². The first-order valence-electron chi connectivity index (χ1n) is 10.9. The maximum atomic E-state index is 13.0. The van der Waals surface area contributed by atoms with Crippen LogP contribution in [0.15, 0.2) is 30.3 Å². The molecule has 1 aromatic heterocycles. The lowest BCUT2D eigenvalue weighted by atomic mass is 9.75. The minimum absolute atomic E-state index is 0.332. The van der Waals surface area contributed by atoms with Crippen LogP contribution < -0.4 is 10.1 Å². The van der Waals surface area contributed by atoms with Crippen LogP contribution in [0.4, 0.5) is 0 Å². The molecule has 1 heterocycles. The van der Waals surface area contributed by atoms with Gasteiger partial charge in [0, 0.05) is 22.4 Å². The predicted octanol–water partition coefficient (Wildman–Crippen LogP) is 5.74. The largest absolute Gasteiger partial charge is 0.492 e. The fraction of sp³-hybridized carbons (Fsp3) is 0.500. The molecule has 0 saturated heterocycles. The van der Waals surface area contributed by atoms with Crippen molar-refractivity contribution in [1.82, 2.24) is 5.32 Å². The molecule has 1 aliphatic carbocycles. The molecule has 0 bridgehead atoms. The summed E-state index contributed by atoms with van der Waals surface area (Å²) in [6.45, 7) is 4.62. The topological polar surface area (TPSA) is 75.6 Å². The number of ether oxygens (including phenoxy) is 1. The van der Waals surface area contributed by atoms with E-state index in [1.165, 1.54) is 11.3 Å². The predicted molar refractivity (Wildman–Crippen MR) is 124 cm³/mol. The van der Waals surface area contributed by atoms with Gasteiger partial charge in [-0.15, -0.1) is 11.3 Å². The summed E-state index contributed by atoms with van der Waals surface area (Å²) in [5, 5.41) is 13.4. The van der Waals surface area contributed by atoms with E-state index in [2.05, 4.69) is 12.2 Å². The zero-order chi connectivity index (χ0) is 22.4. The minimum atomic E-state index is -1.17. The number of halogens is 1. The molecule has 0 atom stereocenters. The molecular formula is C24H30ClNO4S. The molecule has 168 valence electrons. The lowest BCUT2D eigenvalue weighted by Crippen LogP contribution is -2.56. The van der Waals surface area contributed by atoms with E-state index < -0.39 is 11.5 Å². The van der Waals surface area contributed by atoms with Crippen LogP contribution in [0.25, 0.3) is 0 Å². The summed E-state index contributed by atoms with van der Waals surface area (Å²) in [5.74, 6) is -0.0431. The van der Waals surface area contributed by atoms with E-state index in [9.17, 15) is 14.7 Å². The van der Waals surface area contributed by atoms with E-state index in [0.29, 0.717) is 47.4 Å². The molecule has 3 rings (SSSR count). The molecule has 31 heavy (non-hydrogen) atoms. The van der Waals surface area contributed by atoms with Crippen LogP contribution in [-0.4, -0.2) is 29.1 Å². The summed E-state index contributed by atoms with van der Waals surface area (Å²) in [6.07, 6.45) is 5.10. The smallest absolute Gasteiger partial charge is 0.329 e. The van der Waals surface area contributed by atoms with E-state index in [1.54, 1.807) is 6.07 Å². The van der Waals surface area contributed by atoms with Crippen LogP contribution in [0.1, 0.15) is 66.1 Å². The number of nitrogens with one attached hydrogen (secondary N) is 1. The van der Waals surface area contributed by atoms with Crippen molar-refractivity contribution in [2.75, 3.05) is 6.61 Å². The van der Waals surface area contributed by atoms with Gasteiger partial charge in [0.1, 0.15) is 11.3 Å². The molecular weight excluding hydrogens is 434 g/mol. The van der Waals surface area contributed by atoms with Crippen molar-refractivity contribution >= 4 is 34.8 Å². The minimum Gasteiger partial charge on any atom is -0.492 e. The van der Waals surface area contributed by atoms with Crippen molar-refractivity contribution in [3.8, 4) is 5.75 Å². The third-order valence-electron chi connectivity index (χ3n) is 6.15. The monoisotopic (exact) mass is 463 g/mol. The average Bonchev–Trinajstić information content (AvgIpc) is 3.17. The second-order valence-electron chi connectivity index (χ2n) is 8.17. The number of aliphatic carboxylic acids is 1. The van der Waals surface area contributed by atoms with Crippen LogP contribution >= 0.6 is 22.9 Å². The van der Waals surface area contributed by atoms with Crippen molar-refractivity contribution in [3.63, 3.8) is 0 Å². The highest BCUT2D eigenvalue weighted by Gasteiger charge is 2.43. The van der Waals surface area contributed by atoms with Crippen molar-refractivity contribution in [3.05, 3.63) is 50.7 Å². The first kappa shape index (κ1) is 23.6. The Hall–Kier alpha value is -2.05. The van der Waals surface area contributed by atoms with Gasteiger partial charge in [-0.05, 0) is 55.7 Å². The fourth-order valence-corrected chi connectivity index (χ4v) is 5.26. The number of hydrogen-bond acceptors (Lipinski definition) is 4. The Kier molecular flexibility index (Phi) is 8.00. The molecule has 1 amide bonds. The van der Waals surface area contributed by atoms with Gasteiger partial charge in [-0.1, -0.05) is 44.0 Å². The van der Waals surface area contributed by atoms with E-state index in [1.807, 2.05) is 31.2 Å². The number of rotatable bonds is 9. The Morgan fingerprint density at radius 2 is 2.00 bits per heavy atom. The Morgan fingerprint density at radius 3 is 2.61 bits per heavy atom. The lowest BCUT2D eigenvalue weighted by Gasteiger charge is -2.37. The standard InChI is InChI=1S/C24H30ClNO4S/c1-3-16-8-11-24(12-9-16,23(28)29)26-22(27)21-15-19(20(4-2)31-21)30-13-10-17-6-5-7-18(25)14-17/h5-7,14-16H,3-4,8-13H2,1-2H3,(H,26,27)(H,28,29)/t16-,24+. The maximum Gasteiger partial charge on any atom is 0.329 e. The Labute approximate surface area is 192 Å². The molecule has 2 aromatic rings. The molecule has 5 nitrogen and oxygen atoms in total. The first-order valence-corrected chi connectivity index (χ1v) is 12.1. The summed E-state index contributed by atoms with van der Waals surface area (Å²) in [4.78, 5) is 26.4. The summed E-state index contributed by atoms with van der Waals surface area (Å²) in [6, 6.07) is 9.40. The van der Waals surface area contributed by atoms with E-state index in [0.717, 1.165) is 36.1 Å². The average molecular weight is 464 g/mol. The molecule has 0 unspecified atom stereocenters. The molecule has 1 aliphatic rings. The normalized spacial score (nSPS) is 20.9. The number of aryl methyl sites for hydroxylation is 1. The molecule has 7 heteroatoms. The van der Waals surface area contributed by atoms with Gasteiger partial charge >= 0.3 is 5.97 Å². The number of hydrogen-bond donors (Lipinski definition) is 2. The quantitative estimate of drug-likeness (QED) is 0.497. The van der Waals surface area contributed by atoms with Crippen LogP contribution in [0.3, 0.4) is 0 Å². The molecule has 0 radical (unpaired) electrons. The summed E-state index contributed by atoms with van der Waals surface area (Å²) >= 11 is 7.40. The van der Waals surface area contributed by atoms with Gasteiger partial charge in [0.2, 0.25) is 0 Å². The summed E-state index contributed by atoms with van der Waals surface area (Å²) in [5.41, 5.74) is -0.0861. The van der Waals surface area contributed by atoms with E-state index in [4.69, 9.17) is 16.3 Å². The maximum absolute atomic E-state index is 13.0. The third-order valence-corrected chi connectivity index (χ3v) is 7.65. The zero-order valence-electron chi connectivity index (χ0n) is 18.1. The number of carboxylic acid groups (broad SMARTS) is 1. The third kappa shape index (κ3) is 5.80. The number of carboxylic acids is 1. The van der Waals surface area contributed by atoms with Crippen LogP contribution in [-0.2, 0) is 17.6 Å². The summed E-state index contributed by atoms with van der Waals surface area (Å²) < 4.78 is 5.96. The Morgan fingerprint density at radius 1 is 1.26 bits per heavy atom. The second kappa shape index (κ2) is 10.5. The molecule has 1 saturated carbocycles. The van der Waals surface area contributed by atoms with Gasteiger partial charge in [0.25, 0.3) is 5.91 Å². The SMILES string of the molecule is CCc1sc(C(=O)N[C@]2(C(=O)O)CC[C@H](CC)CC2)cc1OCCc1cccc(Cl)c1. The lowest BCUT2D eigenvalue weighted by molar-refractivity contribution is -0.146. The van der Waals surface area contributed by atoms with E-state index in [-0.39, 0.29) is 5.91 Å². The van der Waals surface area contributed by atoms with Crippen LogP contribution in [0.5, 0.6) is 5.75 Å². The van der Waals surface area contributed by atoms with Crippen molar-refractivity contribution < 1.29 is 19.4 Å². The first-order chi connectivity index (χ1) is 14.9. The number of carbonyl (C=O) groups is 2. The number of thiophene rings is 1. The highest BCUT2D eigenvalue weighted by Crippen LogP contribution is 2.35. The van der Waals surface area contributed by atoms with Crippen LogP contribution in [0, 0.1) is 5.92 Å². The highest BCUT2D eigenvalue weighted by atomic mass is 35.5. The molecule has 0 aliphatic heterocycles. The van der Waals surface area contributed by atoms with E-state index >= 15 is 0 Å². The zero-order valence-corrected chi connectivity index (χ0v) is 19.7. The van der Waals surface area contributed by atoms with Gasteiger partial charge in [-0.25, -0.2) is 4.79 Å². The number of carbonyl (C=O) groups excluding carboxylic acids is 1. The van der Waals surface area contributed by atoms with Crippen molar-refractivity contribution in [2.24, 2.45) is 5.92 Å².